The molecule has 1 N–H and O–H groups in total. The Bertz CT molecular complexity index is 608. The van der Waals surface area contributed by atoms with Gasteiger partial charge < -0.3 is 15.0 Å². The van der Waals surface area contributed by atoms with Gasteiger partial charge in [0.25, 0.3) is 0 Å². The van der Waals surface area contributed by atoms with Gasteiger partial charge in [-0.3, -0.25) is 0 Å². The number of benzene rings is 1. The van der Waals surface area contributed by atoms with E-state index in [2.05, 4.69) is 44.2 Å². The first-order valence-corrected chi connectivity index (χ1v) is 7.10. The Kier molecular flexibility index (Phi) is 3.96. The van der Waals surface area contributed by atoms with E-state index in [4.69, 9.17) is 4.74 Å². The summed E-state index contributed by atoms with van der Waals surface area (Å²) in [5, 5.41) is 3.23. The third kappa shape index (κ3) is 3.46. The number of anilines is 3. The van der Waals surface area contributed by atoms with Crippen molar-refractivity contribution in [3.8, 4) is 0 Å². The van der Waals surface area contributed by atoms with Gasteiger partial charge >= 0.3 is 0 Å². The average molecular weight is 285 g/mol. The molecule has 0 radical (unpaired) electrons. The second-order valence-electron chi connectivity index (χ2n) is 5.10. The molecular formula is C15H19N5O. The molecule has 2 heterocycles. The predicted molar refractivity (Wildman–Crippen MR) is 82.1 cm³/mol. The monoisotopic (exact) mass is 285 g/mol. The molecule has 1 aromatic heterocycles. The van der Waals surface area contributed by atoms with Gasteiger partial charge in [0.15, 0.2) is 0 Å². The second-order valence-corrected chi connectivity index (χ2v) is 5.10. The predicted octanol–water partition coefficient (Wildman–Crippen LogP) is 2.07. The molecule has 2 aromatic rings. The lowest BCUT2D eigenvalue weighted by Crippen LogP contribution is -2.37. The van der Waals surface area contributed by atoms with Crippen LogP contribution in [-0.4, -0.2) is 41.3 Å². The first kappa shape index (κ1) is 13.8. The van der Waals surface area contributed by atoms with E-state index < -0.39 is 0 Å². The quantitative estimate of drug-likeness (QED) is 0.931. The van der Waals surface area contributed by atoms with Crippen molar-refractivity contribution >= 4 is 17.6 Å². The van der Waals surface area contributed by atoms with Crippen molar-refractivity contribution in [1.29, 1.82) is 0 Å². The SMILES string of the molecule is Cc1ccc(Nc2nc(C)nc(N3CCOCC3)n2)cc1. The van der Waals surface area contributed by atoms with Crippen molar-refractivity contribution in [2.45, 2.75) is 13.8 Å². The molecule has 0 amide bonds. The lowest BCUT2D eigenvalue weighted by atomic mass is 10.2. The highest BCUT2D eigenvalue weighted by molar-refractivity contribution is 5.54. The number of nitrogens with one attached hydrogen (secondary N) is 1. The van der Waals surface area contributed by atoms with E-state index >= 15 is 0 Å². The Morgan fingerprint density at radius 1 is 1.00 bits per heavy atom. The molecule has 1 fully saturated rings. The summed E-state index contributed by atoms with van der Waals surface area (Å²) in [4.78, 5) is 15.4. The highest BCUT2D eigenvalue weighted by Gasteiger charge is 2.15. The van der Waals surface area contributed by atoms with Gasteiger partial charge in [-0.05, 0) is 26.0 Å². The highest BCUT2D eigenvalue weighted by atomic mass is 16.5. The number of ether oxygens (including phenoxy) is 1. The molecule has 110 valence electrons. The first-order valence-electron chi connectivity index (χ1n) is 7.10. The summed E-state index contributed by atoms with van der Waals surface area (Å²) in [6, 6.07) is 8.14. The fourth-order valence-corrected chi connectivity index (χ4v) is 2.19. The topological polar surface area (TPSA) is 63.2 Å². The van der Waals surface area contributed by atoms with Crippen molar-refractivity contribution in [1.82, 2.24) is 15.0 Å². The molecule has 6 nitrogen and oxygen atoms in total. The van der Waals surface area contributed by atoms with Gasteiger partial charge in [0, 0.05) is 18.8 Å². The Morgan fingerprint density at radius 3 is 2.43 bits per heavy atom. The normalized spacial score (nSPS) is 15.0. The molecule has 0 saturated carbocycles. The van der Waals surface area contributed by atoms with Gasteiger partial charge in [0.2, 0.25) is 11.9 Å². The highest BCUT2D eigenvalue weighted by Crippen LogP contribution is 2.17. The average Bonchev–Trinajstić information content (AvgIpc) is 2.50. The zero-order valence-electron chi connectivity index (χ0n) is 12.3. The van der Waals surface area contributed by atoms with Crippen LogP contribution in [0.3, 0.4) is 0 Å². The lowest BCUT2D eigenvalue weighted by Gasteiger charge is -2.26. The Labute approximate surface area is 124 Å². The van der Waals surface area contributed by atoms with Gasteiger partial charge in [-0.2, -0.15) is 15.0 Å². The standard InChI is InChI=1S/C15H19N5O/c1-11-3-5-13(6-4-11)18-14-16-12(2)17-15(19-14)20-7-9-21-10-8-20/h3-6H,7-10H2,1-2H3,(H,16,17,18,19). The minimum atomic E-state index is 0.577. The fourth-order valence-electron chi connectivity index (χ4n) is 2.19. The Hall–Kier alpha value is -2.21. The smallest absolute Gasteiger partial charge is 0.232 e. The minimum Gasteiger partial charge on any atom is -0.378 e. The van der Waals surface area contributed by atoms with Crippen LogP contribution >= 0.6 is 0 Å². The molecule has 0 bridgehead atoms. The molecule has 1 aromatic carbocycles. The van der Waals surface area contributed by atoms with E-state index in [1.54, 1.807) is 0 Å². The molecule has 0 aliphatic carbocycles. The zero-order chi connectivity index (χ0) is 14.7. The molecule has 0 atom stereocenters. The van der Waals surface area contributed by atoms with Crippen molar-refractivity contribution in [2.75, 3.05) is 36.5 Å². The maximum atomic E-state index is 5.36. The van der Waals surface area contributed by atoms with Crippen molar-refractivity contribution < 1.29 is 4.74 Å². The minimum absolute atomic E-state index is 0.577. The number of hydrogen-bond acceptors (Lipinski definition) is 6. The van der Waals surface area contributed by atoms with Crippen LogP contribution in [0.25, 0.3) is 0 Å². The van der Waals surface area contributed by atoms with Gasteiger partial charge in [-0.25, -0.2) is 0 Å². The largest absolute Gasteiger partial charge is 0.378 e. The number of rotatable bonds is 3. The maximum absolute atomic E-state index is 5.36. The van der Waals surface area contributed by atoms with Crippen LogP contribution in [0.4, 0.5) is 17.6 Å². The summed E-state index contributed by atoms with van der Waals surface area (Å²) in [6.45, 7) is 7.00. The molecule has 1 aliphatic heterocycles. The van der Waals surface area contributed by atoms with Gasteiger partial charge in [0.1, 0.15) is 5.82 Å². The van der Waals surface area contributed by atoms with Crippen LogP contribution in [0, 0.1) is 13.8 Å². The van der Waals surface area contributed by atoms with E-state index in [1.807, 2.05) is 19.1 Å². The van der Waals surface area contributed by atoms with Gasteiger partial charge in [-0.1, -0.05) is 17.7 Å². The van der Waals surface area contributed by atoms with E-state index in [0.717, 1.165) is 18.8 Å². The molecule has 3 rings (SSSR count). The van der Waals surface area contributed by atoms with Gasteiger partial charge in [0.05, 0.1) is 13.2 Å². The Balaban J connectivity index is 1.81. The summed E-state index contributed by atoms with van der Waals surface area (Å²) in [5.41, 5.74) is 2.19. The van der Waals surface area contributed by atoms with Crippen LogP contribution in [0.15, 0.2) is 24.3 Å². The molecular weight excluding hydrogens is 266 g/mol. The summed E-state index contributed by atoms with van der Waals surface area (Å²) in [5.74, 6) is 1.99. The third-order valence-electron chi connectivity index (χ3n) is 3.34. The third-order valence-corrected chi connectivity index (χ3v) is 3.34. The summed E-state index contributed by atoms with van der Waals surface area (Å²) >= 11 is 0. The number of morpholine rings is 1. The number of aryl methyl sites for hydroxylation is 2. The van der Waals surface area contributed by atoms with Crippen molar-refractivity contribution in [3.63, 3.8) is 0 Å². The number of aromatic nitrogens is 3. The van der Waals surface area contributed by atoms with Crippen LogP contribution < -0.4 is 10.2 Å². The zero-order valence-corrected chi connectivity index (χ0v) is 12.3. The summed E-state index contributed by atoms with van der Waals surface area (Å²) in [6.07, 6.45) is 0. The molecule has 1 saturated heterocycles. The summed E-state index contributed by atoms with van der Waals surface area (Å²) < 4.78 is 5.36. The summed E-state index contributed by atoms with van der Waals surface area (Å²) in [7, 11) is 0. The van der Waals surface area contributed by atoms with Gasteiger partial charge in [-0.15, -0.1) is 0 Å². The van der Waals surface area contributed by atoms with Crippen LogP contribution in [0.1, 0.15) is 11.4 Å². The first-order chi connectivity index (χ1) is 10.2. The Morgan fingerprint density at radius 2 is 1.71 bits per heavy atom. The molecule has 1 aliphatic rings. The molecule has 6 heteroatoms. The molecule has 21 heavy (non-hydrogen) atoms. The molecule has 0 spiro atoms. The lowest BCUT2D eigenvalue weighted by molar-refractivity contribution is 0.122. The van der Waals surface area contributed by atoms with E-state index in [1.165, 1.54) is 5.56 Å². The maximum Gasteiger partial charge on any atom is 0.232 e. The fraction of sp³-hybridized carbons (Fsp3) is 0.400. The second kappa shape index (κ2) is 6.05. The van der Waals surface area contributed by atoms with Crippen LogP contribution in [-0.2, 0) is 4.74 Å². The van der Waals surface area contributed by atoms with Crippen LogP contribution in [0.2, 0.25) is 0 Å². The van der Waals surface area contributed by atoms with E-state index in [-0.39, 0.29) is 0 Å². The van der Waals surface area contributed by atoms with Crippen molar-refractivity contribution in [2.24, 2.45) is 0 Å². The van der Waals surface area contributed by atoms with Crippen molar-refractivity contribution in [3.05, 3.63) is 35.7 Å². The van der Waals surface area contributed by atoms with Crippen LogP contribution in [0.5, 0.6) is 0 Å². The molecule has 0 unspecified atom stereocenters. The number of nitrogens with zero attached hydrogens (tertiary/aromatic N) is 4. The number of hydrogen-bond donors (Lipinski definition) is 1. The van der Waals surface area contributed by atoms with E-state index in [9.17, 15) is 0 Å². The van der Waals surface area contributed by atoms with E-state index in [0.29, 0.717) is 30.9 Å².